The van der Waals surface area contributed by atoms with E-state index in [1.54, 1.807) is 0 Å². The number of carbonyl (C=O) groups is 1. The predicted octanol–water partition coefficient (Wildman–Crippen LogP) is 2.42. The molecule has 1 saturated carbocycles. The third-order valence-electron chi connectivity index (χ3n) is 6.40. The lowest BCUT2D eigenvalue weighted by atomic mass is 9.71. The summed E-state index contributed by atoms with van der Waals surface area (Å²) in [5.41, 5.74) is 1.16. The average molecular weight is 330 g/mol. The van der Waals surface area contributed by atoms with Gasteiger partial charge in [0.1, 0.15) is 0 Å². The normalized spacial score (nSPS) is 29.2. The number of carbonyl (C=O) groups excluding carboxylic acids is 1. The number of aromatic nitrogens is 2. The Morgan fingerprint density at radius 1 is 1.21 bits per heavy atom. The van der Waals surface area contributed by atoms with Crippen molar-refractivity contribution in [2.45, 2.75) is 51.5 Å². The van der Waals surface area contributed by atoms with Crippen molar-refractivity contribution < 1.29 is 4.79 Å². The first-order valence-electron chi connectivity index (χ1n) is 9.63. The van der Waals surface area contributed by atoms with E-state index >= 15 is 0 Å². The van der Waals surface area contributed by atoms with E-state index in [0.717, 1.165) is 51.5 Å². The molecule has 2 aliphatic heterocycles. The Labute approximate surface area is 145 Å². The molecule has 0 N–H and O–H groups in total. The van der Waals surface area contributed by atoms with E-state index in [-0.39, 0.29) is 5.41 Å². The topological polar surface area (TPSA) is 41.4 Å². The van der Waals surface area contributed by atoms with E-state index in [1.165, 1.54) is 37.8 Å². The SMILES string of the molecule is Cn1cncc1CN1CCC[C@@]2(C1)CN(CC1CCCCC1)C2=O. The van der Waals surface area contributed by atoms with Crippen LogP contribution in [0.25, 0.3) is 0 Å². The average Bonchev–Trinajstić information content (AvgIpc) is 3.00. The number of aryl methyl sites for hydroxylation is 1. The summed E-state index contributed by atoms with van der Waals surface area (Å²) in [5, 5.41) is 0. The molecule has 24 heavy (non-hydrogen) atoms. The second-order valence-corrected chi connectivity index (χ2v) is 8.28. The van der Waals surface area contributed by atoms with Gasteiger partial charge in [-0.05, 0) is 38.1 Å². The number of amides is 1. The fourth-order valence-corrected chi connectivity index (χ4v) is 5.01. The van der Waals surface area contributed by atoms with Crippen LogP contribution in [0.4, 0.5) is 0 Å². The van der Waals surface area contributed by atoms with Crippen LogP contribution >= 0.6 is 0 Å². The van der Waals surface area contributed by atoms with Gasteiger partial charge in [-0.3, -0.25) is 9.69 Å². The molecule has 5 nitrogen and oxygen atoms in total. The summed E-state index contributed by atoms with van der Waals surface area (Å²) in [5.74, 6) is 1.19. The molecule has 4 rings (SSSR count). The Bertz CT molecular complexity index is 592. The molecular formula is C19H30N4O. The minimum absolute atomic E-state index is 0.0779. The summed E-state index contributed by atoms with van der Waals surface area (Å²) < 4.78 is 2.08. The zero-order chi connectivity index (χ0) is 16.6. The van der Waals surface area contributed by atoms with Crippen molar-refractivity contribution in [1.29, 1.82) is 0 Å². The molecule has 5 heteroatoms. The van der Waals surface area contributed by atoms with E-state index < -0.39 is 0 Å². The largest absolute Gasteiger partial charge is 0.341 e. The fourth-order valence-electron chi connectivity index (χ4n) is 5.01. The molecular weight excluding hydrogens is 300 g/mol. The first-order chi connectivity index (χ1) is 11.7. The van der Waals surface area contributed by atoms with Gasteiger partial charge in [0.15, 0.2) is 0 Å². The predicted molar refractivity (Wildman–Crippen MR) is 93.3 cm³/mol. The monoisotopic (exact) mass is 330 g/mol. The van der Waals surface area contributed by atoms with E-state index in [1.807, 2.05) is 19.6 Å². The second kappa shape index (κ2) is 6.51. The Morgan fingerprint density at radius 3 is 2.75 bits per heavy atom. The molecule has 1 amide bonds. The number of imidazole rings is 1. The van der Waals surface area contributed by atoms with Crippen molar-refractivity contribution >= 4 is 5.91 Å². The van der Waals surface area contributed by atoms with Crippen LogP contribution in [0.2, 0.25) is 0 Å². The summed E-state index contributed by atoms with van der Waals surface area (Å²) in [7, 11) is 2.04. The van der Waals surface area contributed by atoms with Crippen LogP contribution < -0.4 is 0 Å². The molecule has 2 saturated heterocycles. The highest BCUT2D eigenvalue weighted by Gasteiger charge is 2.53. The number of rotatable bonds is 4. The number of β-lactam (4-membered cyclic amide) rings is 1. The quantitative estimate of drug-likeness (QED) is 0.796. The number of likely N-dealkylation sites (tertiary alicyclic amines) is 2. The van der Waals surface area contributed by atoms with Gasteiger partial charge in [-0.1, -0.05) is 19.3 Å². The Balaban J connectivity index is 1.34. The van der Waals surface area contributed by atoms with Crippen molar-refractivity contribution in [3.63, 3.8) is 0 Å². The Kier molecular flexibility index (Phi) is 4.37. The maximum absolute atomic E-state index is 12.9. The van der Waals surface area contributed by atoms with Gasteiger partial charge in [0.05, 0.1) is 17.4 Å². The molecule has 0 bridgehead atoms. The van der Waals surface area contributed by atoms with Gasteiger partial charge in [0.2, 0.25) is 5.91 Å². The zero-order valence-electron chi connectivity index (χ0n) is 14.9. The first-order valence-corrected chi connectivity index (χ1v) is 9.63. The lowest BCUT2D eigenvalue weighted by molar-refractivity contribution is -0.167. The molecule has 1 aromatic heterocycles. The number of nitrogens with zero attached hydrogens (tertiary/aromatic N) is 4. The molecule has 0 aromatic carbocycles. The molecule has 3 aliphatic rings. The summed E-state index contributed by atoms with van der Waals surface area (Å²) in [6, 6.07) is 0. The molecule has 1 aliphatic carbocycles. The van der Waals surface area contributed by atoms with Crippen molar-refractivity contribution in [3.8, 4) is 0 Å². The van der Waals surface area contributed by atoms with E-state index in [0.29, 0.717) is 5.91 Å². The van der Waals surface area contributed by atoms with Crippen molar-refractivity contribution in [3.05, 3.63) is 18.2 Å². The van der Waals surface area contributed by atoms with Gasteiger partial charge in [-0.15, -0.1) is 0 Å². The summed E-state index contributed by atoms with van der Waals surface area (Å²) >= 11 is 0. The smallest absolute Gasteiger partial charge is 0.231 e. The lowest BCUT2D eigenvalue weighted by Crippen LogP contribution is -2.67. The molecule has 132 valence electrons. The molecule has 1 spiro atoms. The first kappa shape index (κ1) is 16.1. The lowest BCUT2D eigenvalue weighted by Gasteiger charge is -2.54. The number of hydrogen-bond acceptors (Lipinski definition) is 3. The van der Waals surface area contributed by atoms with E-state index in [9.17, 15) is 4.79 Å². The maximum atomic E-state index is 12.9. The third-order valence-corrected chi connectivity index (χ3v) is 6.40. The van der Waals surface area contributed by atoms with E-state index in [2.05, 4.69) is 19.4 Å². The standard InChI is InChI=1S/C19H30N4O/c1-21-15-20-10-17(21)12-22-9-5-8-19(13-22)14-23(18(19)24)11-16-6-3-2-4-7-16/h10,15-16H,2-9,11-14H2,1H3/t19-/m1/s1. The summed E-state index contributed by atoms with van der Waals surface area (Å²) in [6.45, 7) is 4.95. The molecule has 1 aromatic rings. The highest BCUT2D eigenvalue weighted by atomic mass is 16.2. The minimum Gasteiger partial charge on any atom is -0.341 e. The van der Waals surface area contributed by atoms with Crippen LogP contribution in [0.3, 0.4) is 0 Å². The summed E-state index contributed by atoms with van der Waals surface area (Å²) in [6.07, 6.45) is 12.8. The van der Waals surface area contributed by atoms with Crippen LogP contribution in [-0.4, -0.2) is 51.4 Å². The van der Waals surface area contributed by atoms with Gasteiger partial charge in [0.25, 0.3) is 0 Å². The van der Waals surface area contributed by atoms with Crippen molar-refractivity contribution in [1.82, 2.24) is 19.4 Å². The van der Waals surface area contributed by atoms with Crippen LogP contribution in [0, 0.1) is 11.3 Å². The number of hydrogen-bond donors (Lipinski definition) is 0. The van der Waals surface area contributed by atoms with Crippen molar-refractivity contribution in [2.24, 2.45) is 18.4 Å². The molecule has 1 atom stereocenters. The van der Waals surface area contributed by atoms with Crippen LogP contribution in [0.5, 0.6) is 0 Å². The maximum Gasteiger partial charge on any atom is 0.231 e. The van der Waals surface area contributed by atoms with Gasteiger partial charge in [-0.2, -0.15) is 0 Å². The van der Waals surface area contributed by atoms with Crippen LogP contribution in [-0.2, 0) is 18.4 Å². The van der Waals surface area contributed by atoms with Crippen molar-refractivity contribution in [2.75, 3.05) is 26.2 Å². The van der Waals surface area contributed by atoms with Gasteiger partial charge in [-0.25, -0.2) is 4.98 Å². The second-order valence-electron chi connectivity index (χ2n) is 8.28. The molecule has 3 heterocycles. The minimum atomic E-state index is -0.0779. The van der Waals surface area contributed by atoms with E-state index in [4.69, 9.17) is 0 Å². The van der Waals surface area contributed by atoms with Crippen LogP contribution in [0.15, 0.2) is 12.5 Å². The van der Waals surface area contributed by atoms with Crippen LogP contribution in [0.1, 0.15) is 50.6 Å². The third kappa shape index (κ3) is 2.99. The fraction of sp³-hybridized carbons (Fsp3) is 0.789. The highest BCUT2D eigenvalue weighted by Crippen LogP contribution is 2.41. The zero-order valence-corrected chi connectivity index (χ0v) is 14.9. The number of piperidine rings is 1. The van der Waals surface area contributed by atoms with Gasteiger partial charge in [0, 0.05) is 39.4 Å². The highest BCUT2D eigenvalue weighted by molar-refractivity contribution is 5.89. The summed E-state index contributed by atoms with van der Waals surface area (Å²) in [4.78, 5) is 21.7. The van der Waals surface area contributed by atoms with Gasteiger partial charge >= 0.3 is 0 Å². The molecule has 3 fully saturated rings. The Morgan fingerprint density at radius 2 is 2.04 bits per heavy atom. The molecule has 0 unspecified atom stereocenters. The van der Waals surface area contributed by atoms with Gasteiger partial charge < -0.3 is 9.47 Å². The molecule has 0 radical (unpaired) electrons. The Hall–Kier alpha value is -1.36.